The normalized spacial score (nSPS) is 25.0. The lowest BCUT2D eigenvalue weighted by atomic mass is 10.0. The van der Waals surface area contributed by atoms with E-state index in [0.717, 1.165) is 174 Å². The first-order chi connectivity index (χ1) is 48.0. The third-order valence-electron chi connectivity index (χ3n) is 23.8. The molecular weight excluding hydrogens is 1200 g/mol. The molecule has 0 spiro atoms. The van der Waals surface area contributed by atoms with Gasteiger partial charge in [0.25, 0.3) is 0 Å². The van der Waals surface area contributed by atoms with Gasteiger partial charge in [-0.15, -0.1) is 0 Å². The van der Waals surface area contributed by atoms with Gasteiger partial charge in [-0.3, -0.25) is 9.59 Å². The van der Waals surface area contributed by atoms with Crippen molar-refractivity contribution in [1.29, 1.82) is 0 Å². The third kappa shape index (κ3) is 46.1. The Kier molecular flexibility index (Phi) is 48.9. The van der Waals surface area contributed by atoms with Crippen molar-refractivity contribution in [3.8, 4) is 0 Å². The Morgan fingerprint density at radius 2 is 0.531 bits per heavy atom. The molecule has 12 atom stereocenters. The van der Waals surface area contributed by atoms with Crippen LogP contribution in [0.25, 0.3) is 0 Å². The van der Waals surface area contributed by atoms with Gasteiger partial charge in [-0.25, -0.2) is 0 Å². The summed E-state index contributed by atoms with van der Waals surface area (Å²) in [5.41, 5.74) is 0. The van der Waals surface area contributed by atoms with Crippen LogP contribution in [0.1, 0.15) is 374 Å². The van der Waals surface area contributed by atoms with Gasteiger partial charge in [0.1, 0.15) is 12.2 Å². The van der Waals surface area contributed by atoms with Crippen LogP contribution in [0.5, 0.6) is 0 Å². The van der Waals surface area contributed by atoms with E-state index in [2.05, 4.69) is 139 Å². The van der Waals surface area contributed by atoms with Crippen molar-refractivity contribution in [2.75, 3.05) is 41.3 Å². The quantitative estimate of drug-likeness (QED) is 0.0344. The predicted octanol–water partition coefficient (Wildman–Crippen LogP) is 26.9. The molecule has 12 unspecified atom stereocenters. The summed E-state index contributed by atoms with van der Waals surface area (Å²) < 4.78 is 12.1. The number of esters is 2. The molecule has 6 rings (SSSR count). The van der Waals surface area contributed by atoms with Crippen molar-refractivity contribution >= 4 is 11.9 Å². The number of ether oxygens (including phenoxy) is 2. The van der Waals surface area contributed by atoms with E-state index in [9.17, 15) is 9.59 Å². The van der Waals surface area contributed by atoms with E-state index in [1.807, 2.05) is 0 Å². The second-order valence-electron chi connectivity index (χ2n) is 33.8. The van der Waals surface area contributed by atoms with E-state index in [1.54, 1.807) is 51.4 Å². The van der Waals surface area contributed by atoms with Gasteiger partial charge in [-0.1, -0.05) is 229 Å². The Labute approximate surface area is 609 Å². The summed E-state index contributed by atoms with van der Waals surface area (Å²) in [7, 11) is 8.28. The molecule has 0 aromatic carbocycles. The molecule has 0 amide bonds. The predicted molar refractivity (Wildman–Crippen MR) is 426 cm³/mol. The minimum atomic E-state index is -0.0159. The SMILES string of the molecule is CCCCC/C=C\C/C=C\C/C=C\CCCCCC(CCCCC/C=C\C/C=C\C/C=C\CCCCC)OC(=O)CCCN(C)C.CCCCCC1CC1CC1CC1CC1CC1CCCCCC(CCCCCC1CC1CC1CC1CC1CC1CCCCC)OC(=O)CCCN(C)C. The fourth-order valence-electron chi connectivity index (χ4n) is 16.7. The molecule has 0 N–H and O–H groups in total. The number of carbonyl (C=O) groups is 2. The van der Waals surface area contributed by atoms with Gasteiger partial charge in [0, 0.05) is 12.8 Å². The molecule has 6 fully saturated rings. The van der Waals surface area contributed by atoms with Crippen molar-refractivity contribution in [2.45, 2.75) is 387 Å². The van der Waals surface area contributed by atoms with Crippen LogP contribution in [-0.2, 0) is 19.1 Å². The molecule has 0 aromatic rings. The van der Waals surface area contributed by atoms with E-state index < -0.39 is 0 Å². The van der Waals surface area contributed by atoms with E-state index in [0.29, 0.717) is 12.8 Å². The molecule has 564 valence electrons. The molecule has 0 radical (unpaired) electrons. The summed E-state index contributed by atoms with van der Waals surface area (Å²) in [6.07, 6.45) is 96.9. The molecule has 6 heteroatoms. The average Bonchev–Trinajstić information content (AvgIpc) is 1.64. The molecule has 6 nitrogen and oxygen atoms in total. The molecule has 0 saturated heterocycles. The highest BCUT2D eigenvalue weighted by molar-refractivity contribution is 5.69. The zero-order valence-electron chi connectivity index (χ0n) is 66.1. The van der Waals surface area contributed by atoms with E-state index in [-0.39, 0.29) is 24.1 Å². The highest BCUT2D eigenvalue weighted by Crippen LogP contribution is 2.60. The fourth-order valence-corrected chi connectivity index (χ4v) is 16.7. The second kappa shape index (κ2) is 55.8. The lowest BCUT2D eigenvalue weighted by Gasteiger charge is -2.18. The Morgan fingerprint density at radius 3 is 0.816 bits per heavy atom. The maximum atomic E-state index is 12.7. The maximum absolute atomic E-state index is 12.7. The van der Waals surface area contributed by atoms with Crippen LogP contribution < -0.4 is 0 Å². The van der Waals surface area contributed by atoms with Crippen LogP contribution in [-0.4, -0.2) is 75.2 Å². The number of unbranched alkanes of at least 4 members (excludes halogenated alkanes) is 20. The monoisotopic (exact) mass is 1360 g/mol. The number of rotatable bonds is 66. The van der Waals surface area contributed by atoms with Crippen molar-refractivity contribution in [3.63, 3.8) is 0 Å². The summed E-state index contributed by atoms with van der Waals surface area (Å²) in [4.78, 5) is 29.5. The minimum Gasteiger partial charge on any atom is -0.462 e. The van der Waals surface area contributed by atoms with Gasteiger partial charge in [0.05, 0.1) is 0 Å². The van der Waals surface area contributed by atoms with Gasteiger partial charge in [-0.2, -0.15) is 0 Å². The van der Waals surface area contributed by atoms with E-state index in [4.69, 9.17) is 9.47 Å². The molecule has 6 saturated carbocycles. The number of hydrogen-bond acceptors (Lipinski definition) is 6. The second-order valence-corrected chi connectivity index (χ2v) is 33.8. The molecule has 98 heavy (non-hydrogen) atoms. The lowest BCUT2D eigenvalue weighted by molar-refractivity contribution is -0.151. The lowest BCUT2D eigenvalue weighted by Crippen LogP contribution is -2.20. The summed E-state index contributed by atoms with van der Waals surface area (Å²) in [6, 6.07) is 0. The molecular formula is C92H162N2O4. The van der Waals surface area contributed by atoms with Crippen LogP contribution >= 0.6 is 0 Å². The first-order valence-corrected chi connectivity index (χ1v) is 43.6. The van der Waals surface area contributed by atoms with Crippen molar-refractivity contribution in [1.82, 2.24) is 9.80 Å². The molecule has 0 bridgehead atoms. The number of carbonyl (C=O) groups excluding carboxylic acids is 2. The number of hydrogen-bond donors (Lipinski definition) is 0. The van der Waals surface area contributed by atoms with Gasteiger partial charge in [-0.05, 0) is 318 Å². The number of allylic oxidation sites excluding steroid dienone is 12. The highest BCUT2D eigenvalue weighted by atomic mass is 16.5. The largest absolute Gasteiger partial charge is 0.462 e. The Morgan fingerprint density at radius 1 is 0.296 bits per heavy atom. The standard InChI is InChI=1S/C49H87NO2.C43H75NO2/c1-5-7-11-18-36-26-40(36)30-44-34-46(44)32-42-28-38(42)20-13-9-15-22-48(52-49(51)24-17-25-50(3)4)23-16-10-14-21-39-29-43(39)33-47-35-45(47)31-41-27-37(41)19-12-8-6-2;1-5-7-9-11-13-15-17-19-21-23-25-27-29-31-33-35-38-42(46-43(45)40-37-41-44(3)4)39-36-34-32-30-28-26-24-22-20-18-16-14-12-10-8-6-2/h36-48H,5-35H2,1-4H3;13-16,19-22,25-28,42H,5-12,17-18,23-24,29-41H2,1-4H3/b;15-13-,16-14-,21-19-,22-20-,27-25-,28-26-. The van der Waals surface area contributed by atoms with Gasteiger partial charge < -0.3 is 19.3 Å². The van der Waals surface area contributed by atoms with Crippen LogP contribution in [0, 0.1) is 71.0 Å². The summed E-state index contributed by atoms with van der Waals surface area (Å²) in [6.45, 7) is 11.1. The molecule has 6 aliphatic rings. The van der Waals surface area contributed by atoms with Crippen LogP contribution in [0.15, 0.2) is 72.9 Å². The highest BCUT2D eigenvalue weighted by Gasteiger charge is 2.50. The molecule has 0 aromatic heterocycles. The van der Waals surface area contributed by atoms with Gasteiger partial charge in [0.2, 0.25) is 0 Å². The number of nitrogens with zero attached hydrogens (tertiary/aromatic N) is 2. The molecule has 6 aliphatic carbocycles. The Hall–Kier alpha value is -2.70. The van der Waals surface area contributed by atoms with Gasteiger partial charge in [0.15, 0.2) is 0 Å². The minimum absolute atomic E-state index is 0.0159. The fraction of sp³-hybridized carbons (Fsp3) is 0.848. The first kappa shape index (κ1) is 85.9. The summed E-state index contributed by atoms with van der Waals surface area (Å²) >= 11 is 0. The Bertz CT molecular complexity index is 2020. The molecule has 0 aliphatic heterocycles. The van der Waals surface area contributed by atoms with Gasteiger partial charge >= 0.3 is 11.9 Å². The van der Waals surface area contributed by atoms with Crippen LogP contribution in [0.4, 0.5) is 0 Å². The van der Waals surface area contributed by atoms with Crippen molar-refractivity contribution in [3.05, 3.63) is 72.9 Å². The average molecular weight is 1360 g/mol. The zero-order chi connectivity index (χ0) is 69.9. The topological polar surface area (TPSA) is 59.1 Å². The summed E-state index contributed by atoms with van der Waals surface area (Å²) in [5, 5.41) is 0. The van der Waals surface area contributed by atoms with E-state index >= 15 is 0 Å². The van der Waals surface area contributed by atoms with Crippen LogP contribution in [0.2, 0.25) is 0 Å². The first-order valence-electron chi connectivity index (χ1n) is 43.6. The van der Waals surface area contributed by atoms with Crippen LogP contribution in [0.3, 0.4) is 0 Å². The van der Waals surface area contributed by atoms with Crippen molar-refractivity contribution < 1.29 is 19.1 Å². The molecule has 0 heterocycles. The maximum Gasteiger partial charge on any atom is 0.306 e. The smallest absolute Gasteiger partial charge is 0.306 e. The Balaban J connectivity index is 0.000000358. The van der Waals surface area contributed by atoms with E-state index in [1.165, 1.54) is 193 Å². The van der Waals surface area contributed by atoms with Crippen molar-refractivity contribution in [2.24, 2.45) is 71.0 Å². The summed E-state index contributed by atoms with van der Waals surface area (Å²) in [5.74, 6) is 13.2. The third-order valence-corrected chi connectivity index (χ3v) is 23.8. The zero-order valence-corrected chi connectivity index (χ0v) is 66.1.